The number of nitrogens with one attached hydrogen (secondary N) is 2. The molecule has 0 bridgehead atoms. The molecule has 0 saturated heterocycles. The summed E-state index contributed by atoms with van der Waals surface area (Å²) >= 11 is 0. The molecule has 0 aliphatic rings. The highest BCUT2D eigenvalue weighted by Crippen LogP contribution is 2.32. The number of anilines is 2. The van der Waals surface area contributed by atoms with Gasteiger partial charge in [0.1, 0.15) is 12.4 Å². The van der Waals surface area contributed by atoms with Crippen molar-refractivity contribution in [3.8, 4) is 5.75 Å². The van der Waals surface area contributed by atoms with Crippen LogP contribution in [0.15, 0.2) is 65.6 Å². The molecule has 0 atom stereocenters. The van der Waals surface area contributed by atoms with E-state index >= 15 is 0 Å². The van der Waals surface area contributed by atoms with Gasteiger partial charge in [-0.3, -0.25) is 9.52 Å². The van der Waals surface area contributed by atoms with Gasteiger partial charge < -0.3 is 15.2 Å². The number of benzene rings is 3. The van der Waals surface area contributed by atoms with Crippen molar-refractivity contribution in [2.75, 3.05) is 23.3 Å². The smallest absolute Gasteiger partial charge is 0.262 e. The number of rotatable bonds is 7. The van der Waals surface area contributed by atoms with Gasteiger partial charge in [-0.2, -0.15) is 0 Å². The van der Waals surface area contributed by atoms with Crippen molar-refractivity contribution in [2.45, 2.75) is 11.8 Å². The first-order valence-electron chi connectivity index (χ1n) is 8.62. The molecular weight excluding hydrogens is 380 g/mol. The van der Waals surface area contributed by atoms with Gasteiger partial charge in [0, 0.05) is 16.5 Å². The van der Waals surface area contributed by atoms with E-state index in [4.69, 9.17) is 9.84 Å². The van der Waals surface area contributed by atoms with Gasteiger partial charge in [-0.15, -0.1) is 0 Å². The Morgan fingerprint density at radius 2 is 1.71 bits per heavy atom. The summed E-state index contributed by atoms with van der Waals surface area (Å²) < 4.78 is 34.1. The lowest BCUT2D eigenvalue weighted by Crippen LogP contribution is -2.16. The van der Waals surface area contributed by atoms with Crippen LogP contribution in [0.5, 0.6) is 5.75 Å². The largest absolute Gasteiger partial charge is 0.493 e. The number of amides is 1. The molecule has 3 N–H and O–H groups in total. The molecule has 28 heavy (non-hydrogen) atoms. The maximum Gasteiger partial charge on any atom is 0.262 e. The Morgan fingerprint density at radius 3 is 2.43 bits per heavy atom. The predicted molar refractivity (Wildman–Crippen MR) is 108 cm³/mol. The average molecular weight is 400 g/mol. The zero-order valence-corrected chi connectivity index (χ0v) is 16.0. The van der Waals surface area contributed by atoms with Crippen molar-refractivity contribution in [1.82, 2.24) is 0 Å². The number of fused-ring (bicyclic) bond motifs is 1. The topological polar surface area (TPSA) is 105 Å². The highest BCUT2D eigenvalue weighted by molar-refractivity contribution is 7.93. The van der Waals surface area contributed by atoms with Gasteiger partial charge in [-0.25, -0.2) is 8.42 Å². The van der Waals surface area contributed by atoms with Crippen LogP contribution in [-0.2, 0) is 14.8 Å². The van der Waals surface area contributed by atoms with Gasteiger partial charge in [-0.1, -0.05) is 30.3 Å². The van der Waals surface area contributed by atoms with E-state index in [2.05, 4.69) is 10.0 Å². The van der Waals surface area contributed by atoms with Crippen LogP contribution in [0.4, 0.5) is 11.4 Å². The van der Waals surface area contributed by atoms with Crippen LogP contribution < -0.4 is 14.8 Å². The molecule has 3 aromatic rings. The Bertz CT molecular complexity index is 1110. The Labute approximate surface area is 163 Å². The summed E-state index contributed by atoms with van der Waals surface area (Å²) in [6, 6.07) is 16.5. The van der Waals surface area contributed by atoms with Crippen LogP contribution in [0.1, 0.15) is 6.92 Å². The van der Waals surface area contributed by atoms with Crippen LogP contribution in [-0.4, -0.2) is 32.6 Å². The van der Waals surface area contributed by atoms with E-state index in [0.29, 0.717) is 28.8 Å². The molecule has 0 aliphatic carbocycles. The van der Waals surface area contributed by atoms with Gasteiger partial charge in [-0.05, 0) is 37.3 Å². The predicted octanol–water partition coefficient (Wildman–Crippen LogP) is 2.97. The number of carbonyl (C=O) groups excluding carboxylic acids is 1. The first kappa shape index (κ1) is 19.7. The molecule has 3 aromatic carbocycles. The van der Waals surface area contributed by atoms with Gasteiger partial charge in [0.15, 0.2) is 0 Å². The summed E-state index contributed by atoms with van der Waals surface area (Å²) in [5, 5.41) is 12.5. The summed E-state index contributed by atoms with van der Waals surface area (Å²) in [4.78, 5) is 11.4. The van der Waals surface area contributed by atoms with E-state index in [9.17, 15) is 13.2 Å². The van der Waals surface area contributed by atoms with E-state index in [1.54, 1.807) is 36.4 Å². The highest BCUT2D eigenvalue weighted by Gasteiger charge is 2.19. The van der Waals surface area contributed by atoms with E-state index in [1.807, 2.05) is 19.1 Å². The third kappa shape index (κ3) is 4.24. The number of hydrogen-bond acceptors (Lipinski definition) is 5. The summed E-state index contributed by atoms with van der Waals surface area (Å²) in [5.41, 5.74) is 0.657. The number of ether oxygens (including phenoxy) is 1. The number of aliphatic hydroxyl groups is 1. The summed E-state index contributed by atoms with van der Waals surface area (Å²) in [6.45, 7) is 1.68. The maximum absolute atomic E-state index is 13.0. The molecule has 0 fully saturated rings. The fourth-order valence-corrected chi connectivity index (χ4v) is 4.09. The van der Waals surface area contributed by atoms with Crippen molar-refractivity contribution in [3.05, 3.63) is 60.7 Å². The molecule has 8 heteroatoms. The molecule has 146 valence electrons. The molecule has 3 rings (SSSR count). The van der Waals surface area contributed by atoms with Crippen molar-refractivity contribution >= 4 is 38.1 Å². The minimum Gasteiger partial charge on any atom is -0.493 e. The SMILES string of the molecule is CCOc1ccc(S(=O)(=O)Nc2cccc(NC(=O)CO)c2)c2ccccc12. The number of hydrogen-bond donors (Lipinski definition) is 3. The van der Waals surface area contributed by atoms with Gasteiger partial charge in [0.05, 0.1) is 17.2 Å². The fraction of sp³-hybridized carbons (Fsp3) is 0.150. The normalized spacial score (nSPS) is 11.2. The third-order valence-corrected chi connectivity index (χ3v) is 5.42. The number of carbonyl (C=O) groups is 1. The molecular formula is C20H20N2O5S. The highest BCUT2D eigenvalue weighted by atomic mass is 32.2. The lowest BCUT2D eigenvalue weighted by molar-refractivity contribution is -0.118. The van der Waals surface area contributed by atoms with Crippen molar-refractivity contribution in [3.63, 3.8) is 0 Å². The lowest BCUT2D eigenvalue weighted by atomic mass is 10.1. The van der Waals surface area contributed by atoms with Gasteiger partial charge >= 0.3 is 0 Å². The minimum absolute atomic E-state index is 0.122. The summed E-state index contributed by atoms with van der Waals surface area (Å²) in [5.74, 6) is 0.0308. The second kappa shape index (κ2) is 8.28. The van der Waals surface area contributed by atoms with Crippen LogP contribution in [0.25, 0.3) is 10.8 Å². The molecule has 0 spiro atoms. The zero-order valence-electron chi connectivity index (χ0n) is 15.2. The number of aliphatic hydroxyl groups excluding tert-OH is 1. The van der Waals surface area contributed by atoms with Crippen molar-refractivity contribution in [2.24, 2.45) is 0 Å². The molecule has 0 unspecified atom stereocenters. The fourth-order valence-electron chi connectivity index (χ4n) is 2.83. The third-order valence-electron chi connectivity index (χ3n) is 3.98. The van der Waals surface area contributed by atoms with Gasteiger partial charge in [0.25, 0.3) is 10.0 Å². The monoisotopic (exact) mass is 400 g/mol. The van der Waals surface area contributed by atoms with Crippen LogP contribution in [0.2, 0.25) is 0 Å². The Kier molecular flexibility index (Phi) is 5.81. The quantitative estimate of drug-likeness (QED) is 0.566. The maximum atomic E-state index is 13.0. The molecule has 0 aromatic heterocycles. The molecule has 0 heterocycles. The van der Waals surface area contributed by atoms with Crippen molar-refractivity contribution < 1.29 is 23.1 Å². The van der Waals surface area contributed by atoms with E-state index in [1.165, 1.54) is 12.1 Å². The lowest BCUT2D eigenvalue weighted by Gasteiger charge is -2.14. The molecule has 0 aliphatic heterocycles. The van der Waals surface area contributed by atoms with Crippen LogP contribution in [0, 0.1) is 0 Å². The molecule has 0 saturated carbocycles. The summed E-state index contributed by atoms with van der Waals surface area (Å²) in [7, 11) is -3.89. The first-order chi connectivity index (χ1) is 13.4. The second-order valence-corrected chi connectivity index (χ2v) is 7.58. The molecule has 1 amide bonds. The second-order valence-electron chi connectivity index (χ2n) is 5.93. The Hall–Kier alpha value is -3.10. The average Bonchev–Trinajstić information content (AvgIpc) is 2.68. The molecule has 7 nitrogen and oxygen atoms in total. The molecule has 0 radical (unpaired) electrons. The van der Waals surface area contributed by atoms with Crippen molar-refractivity contribution in [1.29, 1.82) is 0 Å². The van der Waals surface area contributed by atoms with Crippen LogP contribution >= 0.6 is 0 Å². The van der Waals surface area contributed by atoms with E-state index < -0.39 is 22.5 Å². The Morgan fingerprint density at radius 1 is 1.00 bits per heavy atom. The van der Waals surface area contributed by atoms with E-state index in [0.717, 1.165) is 0 Å². The first-order valence-corrected chi connectivity index (χ1v) is 10.1. The summed E-state index contributed by atoms with van der Waals surface area (Å²) in [6.07, 6.45) is 0. The zero-order chi connectivity index (χ0) is 20.1. The minimum atomic E-state index is -3.89. The van der Waals surface area contributed by atoms with Crippen LogP contribution in [0.3, 0.4) is 0 Å². The standard InChI is InChI=1S/C20H20N2O5S/c1-2-27-18-10-11-19(17-9-4-3-8-16(17)18)28(25,26)22-15-7-5-6-14(12-15)21-20(24)13-23/h3-12,22-23H,2,13H2,1H3,(H,21,24). The van der Waals surface area contributed by atoms with E-state index in [-0.39, 0.29) is 10.6 Å². The van der Waals surface area contributed by atoms with Gasteiger partial charge in [0.2, 0.25) is 5.91 Å². The number of sulfonamides is 1. The Balaban J connectivity index is 1.97.